The number of rotatable bonds is 1. The van der Waals surface area contributed by atoms with Gasteiger partial charge in [0.05, 0.1) is 4.86 Å². The Morgan fingerprint density at radius 3 is 2.89 bits per heavy atom. The SMILES string of the molecule is [CH2]OC1=CC=CCC1=S. The van der Waals surface area contributed by atoms with E-state index in [1.165, 1.54) is 0 Å². The molecule has 0 fully saturated rings. The maximum absolute atomic E-state index is 4.94. The fourth-order valence-corrected chi connectivity index (χ4v) is 0.876. The van der Waals surface area contributed by atoms with Crippen LogP contribution >= 0.6 is 12.2 Å². The smallest absolute Gasteiger partial charge is 0.133 e. The summed E-state index contributed by atoms with van der Waals surface area (Å²) in [4.78, 5) is 0.826. The molecule has 0 aromatic rings. The number of ether oxygens (including phenoxy) is 1. The number of allylic oxidation sites excluding steroid dienone is 4. The van der Waals surface area contributed by atoms with Crippen LogP contribution in [0.25, 0.3) is 0 Å². The third kappa shape index (κ3) is 1.39. The van der Waals surface area contributed by atoms with Gasteiger partial charge in [0.15, 0.2) is 0 Å². The normalized spacial score (nSPS) is 17.4. The van der Waals surface area contributed by atoms with Crippen molar-refractivity contribution in [2.75, 3.05) is 0 Å². The molecule has 0 bridgehead atoms. The molecule has 0 amide bonds. The van der Waals surface area contributed by atoms with Gasteiger partial charge in [0.25, 0.3) is 0 Å². The summed E-state index contributed by atoms with van der Waals surface area (Å²) in [5, 5.41) is 0. The number of hydrogen-bond acceptors (Lipinski definition) is 2. The molecule has 2 heteroatoms. The van der Waals surface area contributed by atoms with Gasteiger partial charge >= 0.3 is 0 Å². The Hall–Kier alpha value is -0.630. The van der Waals surface area contributed by atoms with Gasteiger partial charge in [0, 0.05) is 6.42 Å². The van der Waals surface area contributed by atoms with Gasteiger partial charge in [-0.15, -0.1) is 0 Å². The quantitative estimate of drug-likeness (QED) is 0.514. The molecule has 0 atom stereocenters. The Labute approximate surface area is 60.0 Å². The summed E-state index contributed by atoms with van der Waals surface area (Å²) in [6, 6.07) is 0. The van der Waals surface area contributed by atoms with Crippen LogP contribution in [0.4, 0.5) is 0 Å². The summed E-state index contributed by atoms with van der Waals surface area (Å²) in [5.74, 6) is 0.715. The Morgan fingerprint density at radius 2 is 2.44 bits per heavy atom. The molecule has 0 aromatic carbocycles. The fourth-order valence-electron chi connectivity index (χ4n) is 0.653. The van der Waals surface area contributed by atoms with E-state index in [2.05, 4.69) is 7.11 Å². The third-order valence-electron chi connectivity index (χ3n) is 1.12. The van der Waals surface area contributed by atoms with Crippen LogP contribution in [0.2, 0.25) is 0 Å². The average Bonchev–Trinajstić information content (AvgIpc) is 1.89. The first-order valence-corrected chi connectivity index (χ1v) is 3.07. The minimum Gasteiger partial charge on any atom is -0.489 e. The molecule has 0 saturated carbocycles. The maximum atomic E-state index is 4.94. The van der Waals surface area contributed by atoms with Crippen molar-refractivity contribution < 1.29 is 4.74 Å². The van der Waals surface area contributed by atoms with Gasteiger partial charge in [0.2, 0.25) is 0 Å². The molecule has 1 aliphatic rings. The predicted molar refractivity (Wildman–Crippen MR) is 40.9 cm³/mol. The lowest BCUT2D eigenvalue weighted by molar-refractivity contribution is 0.369. The molecule has 0 aliphatic heterocycles. The van der Waals surface area contributed by atoms with Crippen LogP contribution in [0.1, 0.15) is 6.42 Å². The molecule has 47 valence electrons. The Kier molecular flexibility index (Phi) is 2.01. The first kappa shape index (κ1) is 6.49. The molecule has 1 rings (SSSR count). The van der Waals surface area contributed by atoms with Gasteiger partial charge in [0.1, 0.15) is 12.9 Å². The average molecular weight is 139 g/mol. The summed E-state index contributed by atoms with van der Waals surface area (Å²) in [7, 11) is 3.27. The summed E-state index contributed by atoms with van der Waals surface area (Å²) in [6.07, 6.45) is 6.52. The second-order valence-electron chi connectivity index (χ2n) is 1.73. The zero-order valence-corrected chi connectivity index (χ0v) is 5.78. The van der Waals surface area contributed by atoms with Gasteiger partial charge in [-0.1, -0.05) is 24.4 Å². The van der Waals surface area contributed by atoms with Crippen molar-refractivity contribution in [3.63, 3.8) is 0 Å². The summed E-state index contributed by atoms with van der Waals surface area (Å²) >= 11 is 4.94. The lowest BCUT2D eigenvalue weighted by atomic mass is 10.2. The predicted octanol–water partition coefficient (Wildman–Crippen LogP) is 2.01. The molecule has 0 N–H and O–H groups in total. The summed E-state index contributed by atoms with van der Waals surface area (Å²) in [5.41, 5.74) is 0. The molecule has 1 radical (unpaired) electrons. The molecular formula is C7H7OS. The highest BCUT2D eigenvalue weighted by atomic mass is 32.1. The first-order valence-electron chi connectivity index (χ1n) is 2.66. The van der Waals surface area contributed by atoms with Crippen LogP contribution < -0.4 is 0 Å². The van der Waals surface area contributed by atoms with E-state index >= 15 is 0 Å². The van der Waals surface area contributed by atoms with Crippen LogP contribution in [-0.2, 0) is 4.74 Å². The largest absolute Gasteiger partial charge is 0.489 e. The van der Waals surface area contributed by atoms with Crippen LogP contribution in [0.5, 0.6) is 0 Å². The fraction of sp³-hybridized carbons (Fsp3) is 0.143. The molecule has 1 nitrogen and oxygen atoms in total. The highest BCUT2D eigenvalue weighted by molar-refractivity contribution is 7.80. The van der Waals surface area contributed by atoms with Crippen LogP contribution in [-0.4, -0.2) is 4.86 Å². The molecule has 9 heavy (non-hydrogen) atoms. The lowest BCUT2D eigenvalue weighted by Crippen LogP contribution is -2.01. The van der Waals surface area contributed by atoms with E-state index in [4.69, 9.17) is 17.0 Å². The van der Waals surface area contributed by atoms with E-state index < -0.39 is 0 Å². The number of thiocarbonyl (C=S) groups is 1. The Bertz CT molecular complexity index is 179. The minimum atomic E-state index is 0.715. The minimum absolute atomic E-state index is 0.715. The second-order valence-corrected chi connectivity index (χ2v) is 2.22. The first-order chi connectivity index (χ1) is 4.34. The zero-order valence-electron chi connectivity index (χ0n) is 4.96. The molecule has 0 saturated heterocycles. The van der Waals surface area contributed by atoms with E-state index in [1.807, 2.05) is 18.2 Å². The molecule has 0 heterocycles. The van der Waals surface area contributed by atoms with Gasteiger partial charge in [-0.05, 0) is 6.08 Å². The van der Waals surface area contributed by atoms with Crippen molar-refractivity contribution in [1.82, 2.24) is 0 Å². The third-order valence-corrected chi connectivity index (χ3v) is 1.49. The van der Waals surface area contributed by atoms with Crippen molar-refractivity contribution in [3.05, 3.63) is 31.1 Å². The van der Waals surface area contributed by atoms with Crippen molar-refractivity contribution >= 4 is 17.1 Å². The highest BCUT2D eigenvalue weighted by Crippen LogP contribution is 2.09. The standard InChI is InChI=1S/C7H7OS/c1-8-6-4-2-3-5-7(6)9/h2-4H,1,5H2. The second kappa shape index (κ2) is 2.78. The van der Waals surface area contributed by atoms with Crippen LogP contribution in [0.3, 0.4) is 0 Å². The van der Waals surface area contributed by atoms with Crippen molar-refractivity contribution in [1.29, 1.82) is 0 Å². The Balaban J connectivity index is 2.74. The van der Waals surface area contributed by atoms with Crippen LogP contribution in [0.15, 0.2) is 24.0 Å². The summed E-state index contributed by atoms with van der Waals surface area (Å²) in [6.45, 7) is 0. The Morgan fingerprint density at radius 1 is 1.67 bits per heavy atom. The lowest BCUT2D eigenvalue weighted by Gasteiger charge is -2.06. The van der Waals surface area contributed by atoms with Crippen molar-refractivity contribution in [2.24, 2.45) is 0 Å². The van der Waals surface area contributed by atoms with Gasteiger partial charge < -0.3 is 4.74 Å². The van der Waals surface area contributed by atoms with Gasteiger partial charge in [-0.2, -0.15) is 0 Å². The molecular weight excluding hydrogens is 132 g/mol. The zero-order chi connectivity index (χ0) is 6.69. The number of hydrogen-bond donors (Lipinski definition) is 0. The van der Waals surface area contributed by atoms with E-state index in [0.29, 0.717) is 5.76 Å². The van der Waals surface area contributed by atoms with Gasteiger partial charge in [-0.25, -0.2) is 0 Å². The van der Waals surface area contributed by atoms with E-state index in [-0.39, 0.29) is 0 Å². The summed E-state index contributed by atoms with van der Waals surface area (Å²) < 4.78 is 4.72. The van der Waals surface area contributed by atoms with Gasteiger partial charge in [-0.3, -0.25) is 0 Å². The van der Waals surface area contributed by atoms with E-state index in [0.717, 1.165) is 11.3 Å². The van der Waals surface area contributed by atoms with E-state index in [9.17, 15) is 0 Å². The molecule has 0 unspecified atom stereocenters. The monoisotopic (exact) mass is 139 g/mol. The maximum Gasteiger partial charge on any atom is 0.133 e. The molecule has 0 spiro atoms. The van der Waals surface area contributed by atoms with Crippen molar-refractivity contribution in [2.45, 2.75) is 6.42 Å². The van der Waals surface area contributed by atoms with E-state index in [1.54, 1.807) is 0 Å². The highest BCUT2D eigenvalue weighted by Gasteiger charge is 2.04. The molecule has 0 aromatic heterocycles. The van der Waals surface area contributed by atoms with Crippen LogP contribution in [0, 0.1) is 7.11 Å². The topological polar surface area (TPSA) is 9.23 Å². The molecule has 1 aliphatic carbocycles. The van der Waals surface area contributed by atoms with Crippen molar-refractivity contribution in [3.8, 4) is 0 Å².